The molecule has 0 unspecified atom stereocenters. The highest BCUT2D eigenvalue weighted by atomic mass is 16.6. The summed E-state index contributed by atoms with van der Waals surface area (Å²) in [5.74, 6) is -3.01. The molecule has 0 amide bonds. The maximum atomic E-state index is 14.2. The first-order chi connectivity index (χ1) is 15.6. The van der Waals surface area contributed by atoms with Crippen LogP contribution >= 0.6 is 0 Å². The van der Waals surface area contributed by atoms with Crippen LogP contribution in [-0.4, -0.2) is 65.6 Å². The molecule has 0 aromatic heterocycles. The van der Waals surface area contributed by atoms with Gasteiger partial charge in [-0.15, -0.1) is 0 Å². The van der Waals surface area contributed by atoms with Crippen LogP contribution < -0.4 is 0 Å². The molecular weight excluding hydrogens is 440 g/mol. The Kier molecular flexibility index (Phi) is 4.39. The Balaban J connectivity index is 1.89. The fraction of sp³-hybridized carbons (Fsp3) is 0.692. The van der Waals surface area contributed by atoms with Crippen LogP contribution in [0.4, 0.5) is 0 Å². The summed E-state index contributed by atoms with van der Waals surface area (Å²) in [6.07, 6.45) is 2.35. The number of carbonyl (C=O) groups is 4. The van der Waals surface area contributed by atoms with Gasteiger partial charge in [0.05, 0.1) is 24.7 Å². The van der Waals surface area contributed by atoms with Crippen molar-refractivity contribution in [1.82, 2.24) is 0 Å². The van der Waals surface area contributed by atoms with E-state index in [2.05, 4.69) is 0 Å². The number of allylic oxidation sites excluding steroid dienone is 2. The van der Waals surface area contributed by atoms with Crippen LogP contribution in [0.2, 0.25) is 0 Å². The zero-order chi connectivity index (χ0) is 25.3. The molecule has 2 saturated carbocycles. The molecule has 2 aliphatic heterocycles. The Labute approximate surface area is 198 Å². The molecule has 1 spiro atoms. The average Bonchev–Trinajstić information content (AvgIpc) is 3.58. The van der Waals surface area contributed by atoms with Gasteiger partial charge in [-0.05, 0) is 59.0 Å². The number of ether oxygens (including phenoxy) is 3. The molecule has 1 N–H and O–H groups in total. The summed E-state index contributed by atoms with van der Waals surface area (Å²) in [4.78, 5) is 54.8. The number of ketones is 3. The van der Waals surface area contributed by atoms with E-state index in [1.54, 1.807) is 6.92 Å². The monoisotopic (exact) mass is 472 g/mol. The summed E-state index contributed by atoms with van der Waals surface area (Å²) in [6.45, 7) is 10.3. The van der Waals surface area contributed by atoms with Crippen LogP contribution in [0.1, 0.15) is 54.4 Å². The largest absolute Gasteiger partial charge is 0.468 e. The summed E-state index contributed by atoms with van der Waals surface area (Å²) in [7, 11) is 1.20. The fourth-order valence-corrected chi connectivity index (χ4v) is 7.95. The Morgan fingerprint density at radius 3 is 2.26 bits per heavy atom. The van der Waals surface area contributed by atoms with Crippen molar-refractivity contribution in [2.75, 3.05) is 20.3 Å². The minimum atomic E-state index is -2.38. The maximum Gasteiger partial charge on any atom is 0.323 e. The number of methoxy groups -OCH3 is 1. The zero-order valence-electron chi connectivity index (χ0n) is 20.8. The Morgan fingerprint density at radius 1 is 1.09 bits per heavy atom. The van der Waals surface area contributed by atoms with Crippen molar-refractivity contribution in [3.63, 3.8) is 0 Å². The van der Waals surface area contributed by atoms with Gasteiger partial charge < -0.3 is 19.3 Å². The molecular formula is C26H32O8. The maximum absolute atomic E-state index is 14.2. The van der Waals surface area contributed by atoms with Gasteiger partial charge in [0.2, 0.25) is 0 Å². The SMILES string of the molecule is COC(=O)[C@]12C(=O)[C@@](C)(O)C(=O)[C@](C)(C[C@H]3C(C)=C4C(=O)COC(C)(C)C4=CC[C@@]31C)[C@]21CO1. The third-order valence-corrected chi connectivity index (χ3v) is 9.79. The predicted octanol–water partition coefficient (Wildman–Crippen LogP) is 1.87. The highest BCUT2D eigenvalue weighted by Gasteiger charge is 2.91. The molecule has 0 radical (unpaired) electrons. The van der Waals surface area contributed by atoms with E-state index in [9.17, 15) is 24.3 Å². The number of Topliss-reactive ketones (excluding diaryl/α,β-unsaturated/α-hetero) is 3. The third-order valence-electron chi connectivity index (χ3n) is 9.79. The van der Waals surface area contributed by atoms with Gasteiger partial charge in [0.15, 0.2) is 28.4 Å². The number of aliphatic hydroxyl groups is 1. The van der Waals surface area contributed by atoms with Crippen molar-refractivity contribution < 1.29 is 38.5 Å². The Bertz CT molecular complexity index is 1140. The van der Waals surface area contributed by atoms with Crippen LogP contribution in [0.3, 0.4) is 0 Å². The van der Waals surface area contributed by atoms with Crippen LogP contribution in [0.15, 0.2) is 22.8 Å². The van der Waals surface area contributed by atoms with Crippen molar-refractivity contribution >= 4 is 23.3 Å². The van der Waals surface area contributed by atoms with Gasteiger partial charge in [-0.3, -0.25) is 19.2 Å². The fourth-order valence-electron chi connectivity index (χ4n) is 7.95. The average molecular weight is 473 g/mol. The normalized spacial score (nSPS) is 47.0. The molecule has 8 heteroatoms. The number of fused-ring (bicyclic) bond motifs is 3. The molecule has 2 bridgehead atoms. The molecule has 5 aliphatic rings. The topological polar surface area (TPSA) is 120 Å². The zero-order valence-corrected chi connectivity index (χ0v) is 20.8. The van der Waals surface area contributed by atoms with Gasteiger partial charge in [0.1, 0.15) is 12.2 Å². The van der Waals surface area contributed by atoms with E-state index in [1.807, 2.05) is 33.8 Å². The van der Waals surface area contributed by atoms with Crippen LogP contribution in [0.5, 0.6) is 0 Å². The van der Waals surface area contributed by atoms with E-state index in [1.165, 1.54) is 14.0 Å². The van der Waals surface area contributed by atoms with Crippen molar-refractivity contribution in [2.45, 2.75) is 71.2 Å². The van der Waals surface area contributed by atoms with Crippen molar-refractivity contribution in [1.29, 1.82) is 0 Å². The molecule has 3 aliphatic carbocycles. The molecule has 2 heterocycles. The lowest BCUT2D eigenvalue weighted by atomic mass is 9.34. The lowest BCUT2D eigenvalue weighted by molar-refractivity contribution is -0.225. The van der Waals surface area contributed by atoms with Gasteiger partial charge in [-0.1, -0.05) is 18.6 Å². The van der Waals surface area contributed by atoms with Crippen LogP contribution in [0.25, 0.3) is 0 Å². The predicted molar refractivity (Wildman–Crippen MR) is 119 cm³/mol. The number of epoxide rings is 1. The van der Waals surface area contributed by atoms with Crippen molar-refractivity contribution in [3.05, 3.63) is 22.8 Å². The van der Waals surface area contributed by atoms with E-state index in [-0.39, 0.29) is 31.8 Å². The number of carbonyl (C=O) groups excluding carboxylic acids is 4. The van der Waals surface area contributed by atoms with Gasteiger partial charge in [0.25, 0.3) is 0 Å². The number of rotatable bonds is 1. The lowest BCUT2D eigenvalue weighted by Crippen LogP contribution is -2.81. The van der Waals surface area contributed by atoms with Crippen LogP contribution in [0, 0.1) is 22.2 Å². The number of hydrogen-bond acceptors (Lipinski definition) is 8. The Morgan fingerprint density at radius 2 is 1.71 bits per heavy atom. The van der Waals surface area contributed by atoms with Crippen molar-refractivity contribution in [2.24, 2.45) is 22.2 Å². The van der Waals surface area contributed by atoms with Gasteiger partial charge in [-0.25, -0.2) is 0 Å². The first-order valence-electron chi connectivity index (χ1n) is 11.7. The molecule has 4 fully saturated rings. The Hall–Kier alpha value is -2.16. The highest BCUT2D eigenvalue weighted by molar-refractivity contribution is 6.25. The second kappa shape index (κ2) is 6.33. The van der Waals surface area contributed by atoms with Gasteiger partial charge >= 0.3 is 5.97 Å². The van der Waals surface area contributed by atoms with Gasteiger partial charge in [0, 0.05) is 11.0 Å². The molecule has 5 rings (SSSR count). The minimum Gasteiger partial charge on any atom is -0.468 e. The smallest absolute Gasteiger partial charge is 0.323 e. The van der Waals surface area contributed by atoms with E-state index in [0.717, 1.165) is 5.57 Å². The first kappa shape index (κ1) is 23.6. The highest BCUT2D eigenvalue weighted by Crippen LogP contribution is 2.77. The van der Waals surface area contributed by atoms with E-state index >= 15 is 0 Å². The molecule has 34 heavy (non-hydrogen) atoms. The summed E-state index contributed by atoms with van der Waals surface area (Å²) >= 11 is 0. The first-order valence-corrected chi connectivity index (χ1v) is 11.7. The van der Waals surface area contributed by atoms with E-state index in [0.29, 0.717) is 11.1 Å². The molecule has 8 nitrogen and oxygen atoms in total. The second-order valence-corrected chi connectivity index (χ2v) is 11.7. The molecule has 0 aromatic rings. The number of hydrogen-bond donors (Lipinski definition) is 1. The van der Waals surface area contributed by atoms with Gasteiger partial charge in [-0.2, -0.15) is 0 Å². The summed E-state index contributed by atoms with van der Waals surface area (Å²) in [6, 6.07) is 0. The quantitative estimate of drug-likeness (QED) is 0.349. The summed E-state index contributed by atoms with van der Waals surface area (Å²) in [5.41, 5.74) is -6.95. The van der Waals surface area contributed by atoms with Crippen LogP contribution in [-0.2, 0) is 33.4 Å². The standard InChI is InChI=1S/C26H32O8/c1-13-15-10-23(5)18(28)24(6,31)19(29)26(20(30)32-7,25(23)12-34-25)22(15,4)9-8-14-17(13)16(27)11-33-21(14,2)3/h8,15,31H,9-12H2,1-7H3/t15-,22-,23-,24-,25+,26+/m0/s1. The summed E-state index contributed by atoms with van der Waals surface area (Å²) < 4.78 is 17.1. The second-order valence-electron chi connectivity index (χ2n) is 11.7. The molecule has 6 atom stereocenters. The lowest BCUT2D eigenvalue weighted by Gasteiger charge is -2.65. The molecule has 184 valence electrons. The van der Waals surface area contributed by atoms with E-state index < -0.39 is 56.5 Å². The van der Waals surface area contributed by atoms with E-state index in [4.69, 9.17) is 14.2 Å². The number of esters is 1. The third kappa shape index (κ3) is 2.17. The minimum absolute atomic E-state index is 0.0359. The summed E-state index contributed by atoms with van der Waals surface area (Å²) in [5, 5.41) is 11.3. The molecule has 0 aromatic carbocycles. The molecule has 2 saturated heterocycles. The van der Waals surface area contributed by atoms with Crippen molar-refractivity contribution in [3.8, 4) is 0 Å².